The highest BCUT2D eigenvalue weighted by molar-refractivity contribution is 5.83. The molecule has 0 aromatic rings. The molecule has 4 rings (SSSR count). The summed E-state index contributed by atoms with van der Waals surface area (Å²) in [7, 11) is 0. The van der Waals surface area contributed by atoms with Crippen molar-refractivity contribution >= 4 is 11.9 Å². The van der Waals surface area contributed by atoms with Gasteiger partial charge < -0.3 is 24.6 Å². The second-order valence-corrected chi connectivity index (χ2v) is 14.5. The minimum Gasteiger partial charge on any atom is -0.459 e. The van der Waals surface area contributed by atoms with Crippen molar-refractivity contribution in [3.8, 4) is 0 Å². The van der Waals surface area contributed by atoms with Gasteiger partial charge >= 0.3 is 5.97 Å². The lowest BCUT2D eigenvalue weighted by Gasteiger charge is -2.40. The van der Waals surface area contributed by atoms with Gasteiger partial charge in [0.1, 0.15) is 18.4 Å². The van der Waals surface area contributed by atoms with E-state index in [1.54, 1.807) is 0 Å². The molecule has 0 unspecified atom stereocenters. The molecule has 0 bridgehead atoms. The quantitative estimate of drug-likeness (QED) is 0.129. The second kappa shape index (κ2) is 18.8. The molecule has 0 aromatic heterocycles. The first-order chi connectivity index (χ1) is 21.7. The first kappa shape index (κ1) is 36.5. The Kier molecular flexibility index (Phi) is 15.3. The summed E-state index contributed by atoms with van der Waals surface area (Å²) in [6.45, 7) is 15.7. The Hall–Kier alpha value is -1.38. The van der Waals surface area contributed by atoms with Gasteiger partial charge in [0.05, 0.1) is 32.5 Å². The Labute approximate surface area is 271 Å². The smallest absolute Gasteiger partial charge is 0.325 e. The van der Waals surface area contributed by atoms with Crippen LogP contribution in [0.3, 0.4) is 0 Å². The summed E-state index contributed by atoms with van der Waals surface area (Å²) < 4.78 is 17.0. The molecule has 2 aliphatic carbocycles. The SMILES string of the molecule is CC(C)(C)OC(=O)CNC(=O)C1CCC(C2CNC(NC3CCC(OCCN4CCN(CCOCCO)CC4)CC3)NC2)CC1. The summed E-state index contributed by atoms with van der Waals surface area (Å²) in [6, 6.07) is 0.510. The van der Waals surface area contributed by atoms with E-state index in [1.165, 1.54) is 0 Å². The molecule has 0 spiro atoms. The third-order valence-electron chi connectivity index (χ3n) is 9.89. The van der Waals surface area contributed by atoms with Gasteiger partial charge in [0.15, 0.2) is 0 Å². The number of hydrogen-bond donors (Lipinski definition) is 5. The van der Waals surface area contributed by atoms with E-state index in [4.69, 9.17) is 19.3 Å². The molecule has 0 aromatic carbocycles. The number of hydrogen-bond acceptors (Lipinski definition) is 11. The molecule has 2 aliphatic heterocycles. The van der Waals surface area contributed by atoms with Crippen molar-refractivity contribution in [2.45, 2.75) is 96.2 Å². The lowest BCUT2D eigenvalue weighted by atomic mass is 9.75. The maximum Gasteiger partial charge on any atom is 0.325 e. The van der Waals surface area contributed by atoms with E-state index >= 15 is 0 Å². The van der Waals surface area contributed by atoms with Gasteiger partial charge in [0.25, 0.3) is 0 Å². The van der Waals surface area contributed by atoms with E-state index in [0.29, 0.717) is 37.2 Å². The fraction of sp³-hybridized carbons (Fsp3) is 0.939. The zero-order chi connectivity index (χ0) is 32.1. The summed E-state index contributed by atoms with van der Waals surface area (Å²) in [5.41, 5.74) is -0.540. The monoisotopic (exact) mass is 638 g/mol. The summed E-state index contributed by atoms with van der Waals surface area (Å²) in [5, 5.41) is 22.8. The highest BCUT2D eigenvalue weighted by Gasteiger charge is 2.34. The number of esters is 1. The predicted octanol–water partition coefficient (Wildman–Crippen LogP) is 0.887. The Morgan fingerprint density at radius 1 is 0.822 bits per heavy atom. The summed E-state index contributed by atoms with van der Waals surface area (Å²) in [6.07, 6.45) is 8.91. The molecule has 1 amide bonds. The van der Waals surface area contributed by atoms with Crippen LogP contribution in [0, 0.1) is 17.8 Å². The van der Waals surface area contributed by atoms with Crippen molar-refractivity contribution in [3.63, 3.8) is 0 Å². The Balaban J connectivity index is 1.00. The van der Waals surface area contributed by atoms with Crippen LogP contribution in [0.4, 0.5) is 0 Å². The van der Waals surface area contributed by atoms with E-state index in [9.17, 15) is 9.59 Å². The van der Waals surface area contributed by atoms with Crippen LogP contribution in [-0.4, -0.2) is 136 Å². The number of aliphatic hydroxyl groups is 1. The molecule has 12 nitrogen and oxygen atoms in total. The molecule has 2 saturated heterocycles. The zero-order valence-corrected chi connectivity index (χ0v) is 28.2. The van der Waals surface area contributed by atoms with Gasteiger partial charge in [-0.3, -0.25) is 35.3 Å². The average Bonchev–Trinajstić information content (AvgIpc) is 3.03. The van der Waals surface area contributed by atoms with Gasteiger partial charge in [-0.05, 0) is 84.0 Å². The Morgan fingerprint density at radius 3 is 2.04 bits per heavy atom. The molecule has 2 saturated carbocycles. The highest BCUT2D eigenvalue weighted by atomic mass is 16.6. The molecule has 0 atom stereocenters. The standard InChI is InChI=1S/C33H62N6O6/c1-33(2,3)45-30(41)24-34-31(42)26-6-4-25(5-7-26)27-22-35-32(36-23-27)37-28-8-10-29(11-9-28)44-20-17-39-14-12-38(13-15-39)16-19-43-21-18-40/h25-29,32,35-37,40H,4-24H2,1-3H3,(H,34,42). The number of ether oxygens (including phenoxy) is 3. The lowest BCUT2D eigenvalue weighted by Crippen LogP contribution is -2.63. The lowest BCUT2D eigenvalue weighted by molar-refractivity contribution is -0.154. The van der Waals surface area contributed by atoms with Crippen molar-refractivity contribution in [2.75, 3.05) is 85.3 Å². The maximum absolute atomic E-state index is 12.6. The molecular formula is C33H62N6O6. The van der Waals surface area contributed by atoms with Crippen molar-refractivity contribution in [1.82, 2.24) is 31.1 Å². The second-order valence-electron chi connectivity index (χ2n) is 14.5. The number of carbonyl (C=O) groups is 2. The Morgan fingerprint density at radius 2 is 1.44 bits per heavy atom. The van der Waals surface area contributed by atoms with Crippen LogP contribution in [0.5, 0.6) is 0 Å². The highest BCUT2D eigenvalue weighted by Crippen LogP contribution is 2.34. The third kappa shape index (κ3) is 13.3. The number of amides is 1. The first-order valence-corrected chi connectivity index (χ1v) is 17.7. The molecule has 4 fully saturated rings. The van der Waals surface area contributed by atoms with Crippen molar-refractivity contribution in [1.29, 1.82) is 0 Å². The van der Waals surface area contributed by atoms with Crippen LogP contribution in [0.25, 0.3) is 0 Å². The van der Waals surface area contributed by atoms with E-state index < -0.39 is 5.60 Å². The maximum atomic E-state index is 12.6. The van der Waals surface area contributed by atoms with Gasteiger partial charge in [0.2, 0.25) is 5.91 Å². The van der Waals surface area contributed by atoms with Crippen LogP contribution in [0.2, 0.25) is 0 Å². The molecule has 5 N–H and O–H groups in total. The molecule has 12 heteroatoms. The molecular weight excluding hydrogens is 576 g/mol. The topological polar surface area (TPSA) is 137 Å². The van der Waals surface area contributed by atoms with E-state index in [0.717, 1.165) is 110 Å². The van der Waals surface area contributed by atoms with E-state index in [2.05, 4.69) is 31.1 Å². The molecule has 4 aliphatic rings. The fourth-order valence-electron chi connectivity index (χ4n) is 7.25. The van der Waals surface area contributed by atoms with Gasteiger partial charge in [-0.25, -0.2) is 0 Å². The van der Waals surface area contributed by atoms with Gasteiger partial charge in [-0.1, -0.05) is 0 Å². The van der Waals surface area contributed by atoms with Crippen molar-refractivity contribution in [2.24, 2.45) is 17.8 Å². The normalized spacial score (nSPS) is 30.6. The third-order valence-corrected chi connectivity index (χ3v) is 9.89. The van der Waals surface area contributed by atoms with Crippen LogP contribution in [0.1, 0.15) is 72.1 Å². The minimum absolute atomic E-state index is 0.00752. The summed E-state index contributed by atoms with van der Waals surface area (Å²) in [5.74, 6) is 0.785. The van der Waals surface area contributed by atoms with Crippen LogP contribution in [-0.2, 0) is 23.8 Å². The van der Waals surface area contributed by atoms with E-state index in [-0.39, 0.29) is 37.2 Å². The van der Waals surface area contributed by atoms with Crippen LogP contribution in [0.15, 0.2) is 0 Å². The number of aliphatic hydroxyl groups excluding tert-OH is 1. The summed E-state index contributed by atoms with van der Waals surface area (Å²) >= 11 is 0. The molecule has 45 heavy (non-hydrogen) atoms. The zero-order valence-electron chi connectivity index (χ0n) is 28.2. The molecule has 260 valence electrons. The summed E-state index contributed by atoms with van der Waals surface area (Å²) in [4.78, 5) is 29.5. The fourth-order valence-corrected chi connectivity index (χ4v) is 7.25. The van der Waals surface area contributed by atoms with E-state index in [1.807, 2.05) is 20.8 Å². The van der Waals surface area contributed by atoms with Crippen LogP contribution < -0.4 is 21.3 Å². The molecule has 0 radical (unpaired) electrons. The minimum atomic E-state index is -0.540. The number of carbonyl (C=O) groups excluding carboxylic acids is 2. The Bertz CT molecular complexity index is 858. The van der Waals surface area contributed by atoms with Crippen molar-refractivity contribution < 1.29 is 28.9 Å². The van der Waals surface area contributed by atoms with Gasteiger partial charge in [0, 0.05) is 64.3 Å². The predicted molar refractivity (Wildman–Crippen MR) is 174 cm³/mol. The molecule has 2 heterocycles. The van der Waals surface area contributed by atoms with Crippen LogP contribution >= 0.6 is 0 Å². The number of rotatable bonds is 15. The van der Waals surface area contributed by atoms with Gasteiger partial charge in [-0.2, -0.15) is 0 Å². The van der Waals surface area contributed by atoms with Crippen molar-refractivity contribution in [3.05, 3.63) is 0 Å². The number of nitrogens with one attached hydrogen (secondary N) is 4. The number of piperazine rings is 1. The number of nitrogens with zero attached hydrogens (tertiary/aromatic N) is 2. The largest absolute Gasteiger partial charge is 0.459 e. The first-order valence-electron chi connectivity index (χ1n) is 17.7. The van der Waals surface area contributed by atoms with Gasteiger partial charge in [-0.15, -0.1) is 0 Å². The average molecular weight is 639 g/mol.